The summed E-state index contributed by atoms with van der Waals surface area (Å²) in [6.07, 6.45) is 8.45. The van der Waals surface area contributed by atoms with Crippen molar-refractivity contribution in [2.75, 3.05) is 0 Å². The van der Waals surface area contributed by atoms with Gasteiger partial charge in [-0.05, 0) is 48.8 Å². The lowest BCUT2D eigenvalue weighted by molar-refractivity contribution is -0.384. The maximum Gasteiger partial charge on any atom is 0.270 e. The molecule has 0 aromatic heterocycles. The fraction of sp³-hybridized carbons (Fsp3) is 0.471. The van der Waals surface area contributed by atoms with Crippen LogP contribution in [0.15, 0.2) is 29.8 Å². The summed E-state index contributed by atoms with van der Waals surface area (Å²) in [5, 5.41) is 10.8. The van der Waals surface area contributed by atoms with Crippen LogP contribution in [-0.4, -0.2) is 10.7 Å². The minimum atomic E-state index is -0.403. The molecule has 4 heteroatoms. The molecule has 1 aromatic rings. The molecule has 2 aliphatic rings. The van der Waals surface area contributed by atoms with Crippen molar-refractivity contribution in [3.63, 3.8) is 0 Å². The molecule has 0 unspecified atom stereocenters. The highest BCUT2D eigenvalue weighted by atomic mass is 16.6. The monoisotopic (exact) mass is 285 g/mol. The van der Waals surface area contributed by atoms with E-state index in [1.807, 2.05) is 12.1 Å². The first kappa shape index (κ1) is 14.0. The lowest BCUT2D eigenvalue weighted by Gasteiger charge is -2.15. The van der Waals surface area contributed by atoms with E-state index in [0.29, 0.717) is 5.92 Å². The average Bonchev–Trinajstić information content (AvgIpc) is 3.10. The zero-order chi connectivity index (χ0) is 14.8. The molecule has 2 aliphatic carbocycles. The van der Waals surface area contributed by atoms with Crippen molar-refractivity contribution >= 4 is 17.5 Å². The van der Waals surface area contributed by atoms with Gasteiger partial charge >= 0.3 is 0 Å². The predicted molar refractivity (Wildman–Crippen MR) is 80.8 cm³/mol. The topological polar surface area (TPSA) is 60.2 Å². The summed E-state index contributed by atoms with van der Waals surface area (Å²) in [5.74, 6) is 1.03. The Hall–Kier alpha value is -1.97. The van der Waals surface area contributed by atoms with Crippen molar-refractivity contribution in [1.82, 2.24) is 0 Å². The molecule has 0 bridgehead atoms. The predicted octanol–water partition coefficient (Wildman–Crippen LogP) is 4.15. The van der Waals surface area contributed by atoms with Crippen molar-refractivity contribution in [3.8, 4) is 0 Å². The Morgan fingerprint density at radius 2 is 1.95 bits per heavy atom. The molecule has 0 spiro atoms. The molecular formula is C17H19NO3. The fourth-order valence-corrected chi connectivity index (χ4v) is 3.69. The maximum atomic E-state index is 12.5. The van der Waals surface area contributed by atoms with Gasteiger partial charge < -0.3 is 0 Å². The Bertz CT molecular complexity index is 600. The molecule has 4 nitrogen and oxygen atoms in total. The minimum Gasteiger partial charge on any atom is -0.294 e. The van der Waals surface area contributed by atoms with Crippen LogP contribution in [0, 0.1) is 22.0 Å². The fourth-order valence-electron chi connectivity index (χ4n) is 3.69. The molecule has 0 radical (unpaired) electrons. The van der Waals surface area contributed by atoms with Gasteiger partial charge in [-0.25, -0.2) is 0 Å². The Morgan fingerprint density at radius 3 is 2.67 bits per heavy atom. The van der Waals surface area contributed by atoms with Crippen LogP contribution in [-0.2, 0) is 4.79 Å². The molecule has 3 rings (SSSR count). The summed E-state index contributed by atoms with van der Waals surface area (Å²) in [7, 11) is 0. The van der Waals surface area contributed by atoms with Crippen LogP contribution in [0.3, 0.4) is 0 Å². The number of rotatable bonds is 3. The van der Waals surface area contributed by atoms with Crippen molar-refractivity contribution in [2.24, 2.45) is 11.8 Å². The largest absolute Gasteiger partial charge is 0.294 e. The lowest BCUT2D eigenvalue weighted by atomic mass is 9.88. The smallest absolute Gasteiger partial charge is 0.270 e. The van der Waals surface area contributed by atoms with E-state index in [4.69, 9.17) is 0 Å². The van der Waals surface area contributed by atoms with Gasteiger partial charge in [-0.2, -0.15) is 0 Å². The van der Waals surface area contributed by atoms with E-state index < -0.39 is 4.92 Å². The molecule has 2 saturated carbocycles. The van der Waals surface area contributed by atoms with E-state index in [1.54, 1.807) is 6.07 Å². The van der Waals surface area contributed by atoms with E-state index in [1.165, 1.54) is 37.8 Å². The standard InChI is InChI=1S/C17H19NO3/c19-17-14(8-9-16(17)13-5-1-2-6-13)10-12-4-3-7-15(11-12)18(20)21/h3-4,7,10-11,13,16H,1-2,5-6,8-9H2/b14-10+/t16-/m1/s1. The highest BCUT2D eigenvalue weighted by molar-refractivity contribution is 6.03. The second-order valence-electron chi connectivity index (χ2n) is 6.08. The third kappa shape index (κ3) is 2.89. The van der Waals surface area contributed by atoms with Gasteiger partial charge in [0.15, 0.2) is 5.78 Å². The molecule has 1 atom stereocenters. The molecule has 0 N–H and O–H groups in total. The summed E-state index contributed by atoms with van der Waals surface area (Å²) in [6, 6.07) is 6.48. The average molecular weight is 285 g/mol. The van der Waals surface area contributed by atoms with E-state index in [0.717, 1.165) is 24.0 Å². The number of hydrogen-bond donors (Lipinski definition) is 0. The minimum absolute atomic E-state index is 0.0714. The zero-order valence-corrected chi connectivity index (χ0v) is 12.0. The van der Waals surface area contributed by atoms with Crippen LogP contribution >= 0.6 is 0 Å². The molecule has 0 saturated heterocycles. The van der Waals surface area contributed by atoms with Crippen LogP contribution in [0.5, 0.6) is 0 Å². The van der Waals surface area contributed by atoms with Gasteiger partial charge in [-0.3, -0.25) is 14.9 Å². The third-order valence-electron chi connectivity index (χ3n) is 4.77. The summed E-state index contributed by atoms with van der Waals surface area (Å²) in [4.78, 5) is 22.9. The van der Waals surface area contributed by atoms with E-state index in [-0.39, 0.29) is 17.4 Å². The van der Waals surface area contributed by atoms with Gasteiger partial charge in [0.1, 0.15) is 0 Å². The van der Waals surface area contributed by atoms with E-state index in [9.17, 15) is 14.9 Å². The Kier molecular flexibility index (Phi) is 3.86. The van der Waals surface area contributed by atoms with Crippen LogP contribution in [0.4, 0.5) is 5.69 Å². The van der Waals surface area contributed by atoms with Gasteiger partial charge in [0, 0.05) is 18.1 Å². The van der Waals surface area contributed by atoms with Crippen molar-refractivity contribution in [1.29, 1.82) is 0 Å². The van der Waals surface area contributed by atoms with Gasteiger partial charge in [0.2, 0.25) is 0 Å². The normalized spacial score (nSPS) is 24.9. The summed E-state index contributed by atoms with van der Waals surface area (Å²) < 4.78 is 0. The van der Waals surface area contributed by atoms with Crippen molar-refractivity contribution in [3.05, 3.63) is 45.5 Å². The highest BCUT2D eigenvalue weighted by Gasteiger charge is 2.36. The SMILES string of the molecule is O=C1/C(=C/c2cccc([N+](=O)[O-])c2)CC[C@@H]1C1CCCC1. The molecule has 0 amide bonds. The van der Waals surface area contributed by atoms with E-state index >= 15 is 0 Å². The number of allylic oxidation sites excluding steroid dienone is 1. The number of nitro benzene ring substituents is 1. The molecular weight excluding hydrogens is 266 g/mol. The lowest BCUT2D eigenvalue weighted by Crippen LogP contribution is -2.16. The molecule has 0 heterocycles. The summed E-state index contributed by atoms with van der Waals surface area (Å²) in [6.45, 7) is 0. The first-order valence-corrected chi connectivity index (χ1v) is 7.64. The van der Waals surface area contributed by atoms with E-state index in [2.05, 4.69) is 0 Å². The van der Waals surface area contributed by atoms with Gasteiger partial charge in [0.05, 0.1) is 4.92 Å². The van der Waals surface area contributed by atoms with Gasteiger partial charge in [0.25, 0.3) is 5.69 Å². The second kappa shape index (κ2) is 5.80. The third-order valence-corrected chi connectivity index (χ3v) is 4.77. The molecule has 2 fully saturated rings. The number of hydrogen-bond acceptors (Lipinski definition) is 3. The quantitative estimate of drug-likeness (QED) is 0.476. The number of carbonyl (C=O) groups is 1. The number of nitro groups is 1. The first-order valence-electron chi connectivity index (χ1n) is 7.64. The Balaban J connectivity index is 1.79. The Morgan fingerprint density at radius 1 is 1.19 bits per heavy atom. The zero-order valence-electron chi connectivity index (χ0n) is 12.0. The number of Topliss-reactive ketones (excluding diaryl/α,β-unsaturated/α-hetero) is 1. The Labute approximate surface area is 124 Å². The number of non-ortho nitro benzene ring substituents is 1. The molecule has 0 aliphatic heterocycles. The van der Waals surface area contributed by atoms with Crippen molar-refractivity contribution in [2.45, 2.75) is 38.5 Å². The molecule has 1 aromatic carbocycles. The highest BCUT2D eigenvalue weighted by Crippen LogP contribution is 2.40. The maximum absolute atomic E-state index is 12.5. The summed E-state index contributed by atoms with van der Waals surface area (Å²) >= 11 is 0. The molecule has 110 valence electrons. The van der Waals surface area contributed by atoms with Crippen molar-refractivity contribution < 1.29 is 9.72 Å². The number of benzene rings is 1. The van der Waals surface area contributed by atoms with Gasteiger partial charge in [-0.15, -0.1) is 0 Å². The van der Waals surface area contributed by atoms with Crippen LogP contribution in [0.2, 0.25) is 0 Å². The van der Waals surface area contributed by atoms with Crippen LogP contribution < -0.4 is 0 Å². The second-order valence-corrected chi connectivity index (χ2v) is 6.08. The number of carbonyl (C=O) groups excluding carboxylic acids is 1. The van der Waals surface area contributed by atoms with Crippen LogP contribution in [0.25, 0.3) is 6.08 Å². The van der Waals surface area contributed by atoms with Crippen LogP contribution in [0.1, 0.15) is 44.1 Å². The summed E-state index contributed by atoms with van der Waals surface area (Å²) in [5.41, 5.74) is 1.66. The molecule has 21 heavy (non-hydrogen) atoms. The number of ketones is 1. The van der Waals surface area contributed by atoms with Gasteiger partial charge in [-0.1, -0.05) is 25.0 Å². The number of nitrogens with zero attached hydrogens (tertiary/aromatic N) is 1. The first-order chi connectivity index (χ1) is 10.1.